The van der Waals surface area contributed by atoms with Crippen molar-refractivity contribution in [1.29, 1.82) is 0 Å². The summed E-state index contributed by atoms with van der Waals surface area (Å²) in [4.78, 5) is 7.60. The van der Waals surface area contributed by atoms with Gasteiger partial charge in [0.25, 0.3) is 0 Å². The molecule has 2 heterocycles. The number of halogens is 1. The van der Waals surface area contributed by atoms with Crippen LogP contribution in [0.4, 0.5) is 0 Å². The third-order valence-corrected chi connectivity index (χ3v) is 3.23. The quantitative estimate of drug-likeness (QED) is 0.819. The smallest absolute Gasteiger partial charge is 0.151 e. The Morgan fingerprint density at radius 2 is 2.26 bits per heavy atom. The van der Waals surface area contributed by atoms with Gasteiger partial charge in [-0.3, -0.25) is 4.68 Å². The number of imidazole rings is 1. The van der Waals surface area contributed by atoms with Crippen molar-refractivity contribution in [2.75, 3.05) is 0 Å². The lowest BCUT2D eigenvalue weighted by molar-refractivity contribution is 0.648. The van der Waals surface area contributed by atoms with Gasteiger partial charge in [0.2, 0.25) is 0 Å². The highest BCUT2D eigenvalue weighted by molar-refractivity contribution is 6.30. The molecule has 2 aromatic heterocycles. The molecule has 0 spiro atoms. The molecule has 0 aromatic carbocycles. The highest BCUT2D eigenvalue weighted by Crippen LogP contribution is 2.14. The largest absolute Gasteiger partial charge is 0.344 e. The van der Waals surface area contributed by atoms with Crippen molar-refractivity contribution in [1.82, 2.24) is 25.1 Å². The second-order valence-corrected chi connectivity index (χ2v) is 5.00. The molecule has 5 nitrogen and oxygen atoms in total. The lowest BCUT2D eigenvalue weighted by atomic mass is 10.2. The van der Waals surface area contributed by atoms with Crippen molar-refractivity contribution in [3.8, 4) is 0 Å². The summed E-state index contributed by atoms with van der Waals surface area (Å²) in [5, 5.41) is 8.18. The van der Waals surface area contributed by atoms with E-state index in [0.717, 1.165) is 43.0 Å². The first-order chi connectivity index (χ1) is 9.19. The van der Waals surface area contributed by atoms with Crippen LogP contribution in [-0.2, 0) is 26.6 Å². The molecule has 2 rings (SSSR count). The Kier molecular flexibility index (Phi) is 4.99. The average Bonchev–Trinajstić information content (AvgIpc) is 2.94. The van der Waals surface area contributed by atoms with E-state index in [4.69, 9.17) is 11.6 Å². The molecule has 2 N–H and O–H groups in total. The van der Waals surface area contributed by atoms with Crippen LogP contribution in [0.2, 0.25) is 5.15 Å². The van der Waals surface area contributed by atoms with Crippen LogP contribution in [0.15, 0.2) is 12.3 Å². The molecule has 104 valence electrons. The van der Waals surface area contributed by atoms with E-state index in [9.17, 15) is 0 Å². The van der Waals surface area contributed by atoms with Crippen molar-refractivity contribution in [3.05, 3.63) is 34.6 Å². The van der Waals surface area contributed by atoms with Crippen LogP contribution >= 0.6 is 11.6 Å². The highest BCUT2D eigenvalue weighted by Gasteiger charge is 2.07. The minimum atomic E-state index is 0.569. The van der Waals surface area contributed by atoms with Gasteiger partial charge in [0.05, 0.1) is 11.4 Å². The van der Waals surface area contributed by atoms with Crippen LogP contribution in [0.5, 0.6) is 0 Å². The third kappa shape index (κ3) is 4.08. The average molecular weight is 282 g/mol. The van der Waals surface area contributed by atoms with Crippen molar-refractivity contribution in [2.45, 2.75) is 39.3 Å². The molecule has 0 saturated carbocycles. The van der Waals surface area contributed by atoms with Gasteiger partial charge in [-0.2, -0.15) is 5.10 Å². The van der Waals surface area contributed by atoms with Gasteiger partial charge in [-0.1, -0.05) is 24.9 Å². The van der Waals surface area contributed by atoms with Gasteiger partial charge in [-0.25, -0.2) is 4.98 Å². The Hall–Kier alpha value is -1.33. The first-order valence-corrected chi connectivity index (χ1v) is 6.99. The molecule has 0 aliphatic carbocycles. The number of hydrogen-bond acceptors (Lipinski definition) is 3. The van der Waals surface area contributed by atoms with E-state index in [1.54, 1.807) is 4.68 Å². The Morgan fingerprint density at radius 3 is 2.95 bits per heavy atom. The number of unbranched alkanes of at least 4 members (excludes halogenated alkanes) is 1. The van der Waals surface area contributed by atoms with Crippen LogP contribution in [0.1, 0.15) is 37.0 Å². The topological polar surface area (TPSA) is 58.5 Å². The fourth-order valence-electron chi connectivity index (χ4n) is 1.89. The van der Waals surface area contributed by atoms with E-state index in [0.29, 0.717) is 11.7 Å². The summed E-state index contributed by atoms with van der Waals surface area (Å²) in [5.41, 5.74) is 1.97. The van der Waals surface area contributed by atoms with E-state index in [-0.39, 0.29) is 0 Å². The number of aryl methyl sites for hydroxylation is 2. The van der Waals surface area contributed by atoms with E-state index >= 15 is 0 Å². The SMILES string of the molecule is CCCCc1nc(Cl)c(CNCc2ccn(C)n2)[nH]1. The van der Waals surface area contributed by atoms with Gasteiger partial charge < -0.3 is 10.3 Å². The summed E-state index contributed by atoms with van der Waals surface area (Å²) in [6.45, 7) is 3.56. The summed E-state index contributed by atoms with van der Waals surface area (Å²) in [6, 6.07) is 1.99. The number of aromatic amines is 1. The second kappa shape index (κ2) is 6.73. The molecule has 19 heavy (non-hydrogen) atoms. The number of nitrogens with one attached hydrogen (secondary N) is 2. The normalized spacial score (nSPS) is 11.1. The van der Waals surface area contributed by atoms with Crippen molar-refractivity contribution in [3.63, 3.8) is 0 Å². The highest BCUT2D eigenvalue weighted by atomic mass is 35.5. The maximum Gasteiger partial charge on any atom is 0.151 e. The van der Waals surface area contributed by atoms with Gasteiger partial charge in [0.1, 0.15) is 5.82 Å². The first kappa shape index (κ1) is 14.1. The van der Waals surface area contributed by atoms with Crippen LogP contribution in [0.3, 0.4) is 0 Å². The number of H-pyrrole nitrogens is 1. The standard InChI is InChI=1S/C13H20ClN5/c1-3-4-5-12-16-11(13(14)17-12)9-15-8-10-6-7-19(2)18-10/h6-7,15H,3-5,8-9H2,1-2H3,(H,16,17). The minimum absolute atomic E-state index is 0.569. The molecule has 0 atom stereocenters. The van der Waals surface area contributed by atoms with Gasteiger partial charge in [-0.05, 0) is 12.5 Å². The molecule has 2 aromatic rings. The Bertz CT molecular complexity index is 517. The summed E-state index contributed by atoms with van der Waals surface area (Å²) < 4.78 is 1.79. The first-order valence-electron chi connectivity index (χ1n) is 6.61. The minimum Gasteiger partial charge on any atom is -0.344 e. The van der Waals surface area contributed by atoms with Crippen molar-refractivity contribution in [2.24, 2.45) is 7.05 Å². The monoisotopic (exact) mass is 281 g/mol. The van der Waals surface area contributed by atoms with Gasteiger partial charge in [-0.15, -0.1) is 0 Å². The summed E-state index contributed by atoms with van der Waals surface area (Å²) in [6.07, 6.45) is 5.18. The van der Waals surface area contributed by atoms with Crippen molar-refractivity contribution >= 4 is 11.6 Å². The fourth-order valence-corrected chi connectivity index (χ4v) is 2.11. The second-order valence-electron chi connectivity index (χ2n) is 4.64. The fraction of sp³-hybridized carbons (Fsp3) is 0.538. The summed E-state index contributed by atoms with van der Waals surface area (Å²) in [5.74, 6) is 0.974. The van der Waals surface area contributed by atoms with Crippen LogP contribution in [0.25, 0.3) is 0 Å². The molecule has 0 saturated heterocycles. The van der Waals surface area contributed by atoms with E-state index in [1.165, 1.54) is 0 Å². The number of nitrogens with zero attached hydrogens (tertiary/aromatic N) is 3. The molecular formula is C13H20ClN5. The number of rotatable bonds is 7. The molecular weight excluding hydrogens is 262 g/mol. The van der Waals surface area contributed by atoms with Crippen LogP contribution < -0.4 is 5.32 Å². The van der Waals surface area contributed by atoms with Crippen LogP contribution in [0, 0.1) is 0 Å². The molecule has 0 aliphatic rings. The molecule has 0 amide bonds. The zero-order valence-electron chi connectivity index (χ0n) is 11.4. The lowest BCUT2D eigenvalue weighted by Crippen LogP contribution is -2.14. The van der Waals surface area contributed by atoms with E-state index in [2.05, 4.69) is 27.3 Å². The third-order valence-electron chi connectivity index (χ3n) is 2.92. The van der Waals surface area contributed by atoms with Crippen molar-refractivity contribution < 1.29 is 0 Å². The Morgan fingerprint density at radius 1 is 1.42 bits per heavy atom. The summed E-state index contributed by atoms with van der Waals surface area (Å²) >= 11 is 6.11. The van der Waals surface area contributed by atoms with E-state index < -0.39 is 0 Å². The van der Waals surface area contributed by atoms with Crippen LogP contribution in [-0.4, -0.2) is 19.7 Å². The van der Waals surface area contributed by atoms with Gasteiger partial charge >= 0.3 is 0 Å². The molecule has 0 fully saturated rings. The predicted octanol–water partition coefficient (Wildman–Crippen LogP) is 2.43. The summed E-state index contributed by atoms with van der Waals surface area (Å²) in [7, 11) is 1.91. The molecule has 0 radical (unpaired) electrons. The van der Waals surface area contributed by atoms with Gasteiger partial charge in [0, 0.05) is 32.8 Å². The molecule has 0 unspecified atom stereocenters. The lowest BCUT2D eigenvalue weighted by Gasteiger charge is -2.01. The molecule has 6 heteroatoms. The maximum absolute atomic E-state index is 6.11. The Labute approximate surface area is 118 Å². The molecule has 0 bridgehead atoms. The number of hydrogen-bond donors (Lipinski definition) is 2. The molecule has 0 aliphatic heterocycles. The zero-order chi connectivity index (χ0) is 13.7. The Balaban J connectivity index is 1.83. The van der Waals surface area contributed by atoms with E-state index in [1.807, 2.05) is 19.3 Å². The number of aromatic nitrogens is 4. The predicted molar refractivity (Wildman–Crippen MR) is 76.0 cm³/mol. The zero-order valence-corrected chi connectivity index (χ0v) is 12.2. The maximum atomic E-state index is 6.11. The van der Waals surface area contributed by atoms with Gasteiger partial charge in [0.15, 0.2) is 5.15 Å².